The maximum absolute atomic E-state index is 5.60. The fraction of sp³-hybridized carbons (Fsp3) is 0.444. The minimum atomic E-state index is 0.449. The molecule has 2 nitrogen and oxygen atoms in total. The summed E-state index contributed by atoms with van der Waals surface area (Å²) in [5.41, 5.74) is 0.874. The largest absolute Gasteiger partial charge is 0.491 e. The molecule has 0 aliphatic carbocycles. The Morgan fingerprint density at radius 3 is 2.92 bits per heavy atom. The van der Waals surface area contributed by atoms with Gasteiger partial charge in [-0.25, -0.2) is 0 Å². The van der Waals surface area contributed by atoms with E-state index in [0.29, 0.717) is 5.88 Å². The Morgan fingerprint density at radius 2 is 2.38 bits per heavy atom. The second kappa shape index (κ2) is 6.11. The van der Waals surface area contributed by atoms with Crippen LogP contribution in [0, 0.1) is 0 Å². The minimum Gasteiger partial charge on any atom is -0.491 e. The first-order valence-corrected chi connectivity index (χ1v) is 5.92. The van der Waals surface area contributed by atoms with Crippen LogP contribution in [0.15, 0.2) is 18.3 Å². The lowest BCUT2D eigenvalue weighted by Gasteiger charge is -2.04. The summed E-state index contributed by atoms with van der Waals surface area (Å²) in [4.78, 5) is 4.11. The standard InChI is InChI=1S/C9H12ClNOS/c1-13-5-4-12-9-3-2-8(6-10)11-7-9/h2-3,7H,4-6H2,1H3. The van der Waals surface area contributed by atoms with Crippen molar-refractivity contribution in [1.29, 1.82) is 0 Å². The van der Waals surface area contributed by atoms with E-state index in [4.69, 9.17) is 16.3 Å². The van der Waals surface area contributed by atoms with Gasteiger partial charge in [0, 0.05) is 5.75 Å². The number of nitrogens with zero attached hydrogens (tertiary/aromatic N) is 1. The van der Waals surface area contributed by atoms with E-state index in [2.05, 4.69) is 11.2 Å². The number of hydrogen-bond acceptors (Lipinski definition) is 3. The van der Waals surface area contributed by atoms with Crippen molar-refractivity contribution in [2.45, 2.75) is 5.88 Å². The number of hydrogen-bond donors (Lipinski definition) is 0. The molecule has 1 aromatic rings. The highest BCUT2D eigenvalue weighted by atomic mass is 35.5. The molecular weight excluding hydrogens is 206 g/mol. The van der Waals surface area contributed by atoms with Crippen LogP contribution in [0.25, 0.3) is 0 Å². The predicted molar refractivity (Wildman–Crippen MR) is 57.7 cm³/mol. The van der Waals surface area contributed by atoms with Crippen LogP contribution < -0.4 is 4.74 Å². The summed E-state index contributed by atoms with van der Waals surface area (Å²) in [6.45, 7) is 0.725. The number of thioether (sulfide) groups is 1. The van der Waals surface area contributed by atoms with Crippen LogP contribution >= 0.6 is 23.4 Å². The van der Waals surface area contributed by atoms with Crippen molar-refractivity contribution < 1.29 is 4.74 Å². The fourth-order valence-electron chi connectivity index (χ4n) is 0.818. The smallest absolute Gasteiger partial charge is 0.137 e. The molecule has 1 aromatic heterocycles. The Hall–Kier alpha value is -0.410. The number of alkyl halides is 1. The summed E-state index contributed by atoms with van der Waals surface area (Å²) in [6, 6.07) is 3.77. The first-order chi connectivity index (χ1) is 6.36. The molecule has 4 heteroatoms. The average molecular weight is 218 g/mol. The second-order valence-corrected chi connectivity index (χ2v) is 3.71. The van der Waals surface area contributed by atoms with Crippen LogP contribution in [0.4, 0.5) is 0 Å². The summed E-state index contributed by atoms with van der Waals surface area (Å²) in [5, 5.41) is 0. The highest BCUT2D eigenvalue weighted by Gasteiger charge is 1.94. The van der Waals surface area contributed by atoms with Crippen molar-refractivity contribution in [3.8, 4) is 5.75 Å². The van der Waals surface area contributed by atoms with Crippen molar-refractivity contribution in [2.75, 3.05) is 18.6 Å². The summed E-state index contributed by atoms with van der Waals surface area (Å²) >= 11 is 7.36. The van der Waals surface area contributed by atoms with Gasteiger partial charge in [0.2, 0.25) is 0 Å². The molecule has 0 aliphatic heterocycles. The molecule has 0 amide bonds. The monoisotopic (exact) mass is 217 g/mol. The number of aromatic nitrogens is 1. The van der Waals surface area contributed by atoms with Gasteiger partial charge in [-0.3, -0.25) is 4.98 Å². The van der Waals surface area contributed by atoms with E-state index < -0.39 is 0 Å². The highest BCUT2D eigenvalue weighted by Crippen LogP contribution is 2.10. The van der Waals surface area contributed by atoms with Gasteiger partial charge >= 0.3 is 0 Å². The first-order valence-electron chi connectivity index (χ1n) is 3.99. The zero-order valence-electron chi connectivity index (χ0n) is 7.50. The molecule has 0 atom stereocenters. The van der Waals surface area contributed by atoms with Gasteiger partial charge in [-0.1, -0.05) is 0 Å². The molecule has 0 saturated heterocycles. The molecule has 0 unspecified atom stereocenters. The number of halogens is 1. The normalized spacial score (nSPS) is 10.0. The minimum absolute atomic E-state index is 0.449. The van der Waals surface area contributed by atoms with E-state index in [1.165, 1.54) is 0 Å². The zero-order valence-corrected chi connectivity index (χ0v) is 9.07. The molecule has 0 fully saturated rings. The van der Waals surface area contributed by atoms with E-state index in [-0.39, 0.29) is 0 Å². The predicted octanol–water partition coefficient (Wildman–Crippen LogP) is 2.56. The molecule has 0 N–H and O–H groups in total. The third-order valence-corrected chi connectivity index (χ3v) is 2.34. The van der Waals surface area contributed by atoms with Crippen molar-refractivity contribution in [3.63, 3.8) is 0 Å². The quantitative estimate of drug-likeness (QED) is 0.559. The summed E-state index contributed by atoms with van der Waals surface area (Å²) < 4.78 is 5.42. The Morgan fingerprint density at radius 1 is 1.54 bits per heavy atom. The molecule has 13 heavy (non-hydrogen) atoms. The first kappa shape index (κ1) is 10.7. The van der Waals surface area contributed by atoms with Crippen LogP contribution in [0.2, 0.25) is 0 Å². The Balaban J connectivity index is 2.40. The second-order valence-electron chi connectivity index (χ2n) is 2.46. The lowest BCUT2D eigenvalue weighted by molar-refractivity contribution is 0.342. The molecular formula is C9H12ClNOS. The highest BCUT2D eigenvalue weighted by molar-refractivity contribution is 7.98. The maximum atomic E-state index is 5.60. The molecule has 0 aliphatic rings. The number of rotatable bonds is 5. The average Bonchev–Trinajstić information content (AvgIpc) is 2.19. The SMILES string of the molecule is CSCCOc1ccc(CCl)nc1. The summed E-state index contributed by atoms with van der Waals surface area (Å²) in [6.07, 6.45) is 3.76. The van der Waals surface area contributed by atoms with Gasteiger partial charge in [0.05, 0.1) is 24.4 Å². The molecule has 0 spiro atoms. The molecule has 0 aromatic carbocycles. The zero-order chi connectivity index (χ0) is 9.52. The van der Waals surface area contributed by atoms with Gasteiger partial charge < -0.3 is 4.74 Å². The van der Waals surface area contributed by atoms with E-state index in [1.807, 2.05) is 12.1 Å². The van der Waals surface area contributed by atoms with Crippen LogP contribution in [0.3, 0.4) is 0 Å². The molecule has 1 heterocycles. The van der Waals surface area contributed by atoms with Crippen molar-refractivity contribution >= 4 is 23.4 Å². The van der Waals surface area contributed by atoms with Crippen molar-refractivity contribution in [3.05, 3.63) is 24.0 Å². The lowest BCUT2D eigenvalue weighted by atomic mass is 10.4. The molecule has 0 bridgehead atoms. The topological polar surface area (TPSA) is 22.1 Å². The summed E-state index contributed by atoms with van der Waals surface area (Å²) in [7, 11) is 0. The van der Waals surface area contributed by atoms with E-state index in [0.717, 1.165) is 23.8 Å². The number of ether oxygens (including phenoxy) is 1. The molecule has 0 saturated carbocycles. The summed E-state index contributed by atoms with van der Waals surface area (Å²) in [5.74, 6) is 2.26. The maximum Gasteiger partial charge on any atom is 0.137 e. The molecule has 1 rings (SSSR count). The third-order valence-electron chi connectivity index (χ3n) is 1.49. The Labute approximate surface area is 87.7 Å². The Kier molecular flexibility index (Phi) is 5.01. The van der Waals surface area contributed by atoms with Gasteiger partial charge in [0.1, 0.15) is 5.75 Å². The lowest BCUT2D eigenvalue weighted by Crippen LogP contribution is -2.00. The van der Waals surface area contributed by atoms with Crippen molar-refractivity contribution in [2.24, 2.45) is 0 Å². The van der Waals surface area contributed by atoms with E-state index >= 15 is 0 Å². The molecule has 0 radical (unpaired) electrons. The van der Waals surface area contributed by atoms with Crippen LogP contribution in [0.1, 0.15) is 5.69 Å². The van der Waals surface area contributed by atoms with E-state index in [1.54, 1.807) is 18.0 Å². The Bertz CT molecular complexity index is 240. The van der Waals surface area contributed by atoms with Gasteiger partial charge in [0.15, 0.2) is 0 Å². The van der Waals surface area contributed by atoms with Crippen LogP contribution in [-0.2, 0) is 5.88 Å². The molecule has 72 valence electrons. The van der Waals surface area contributed by atoms with E-state index in [9.17, 15) is 0 Å². The number of pyridine rings is 1. The van der Waals surface area contributed by atoms with Crippen LogP contribution in [-0.4, -0.2) is 23.6 Å². The fourth-order valence-corrected chi connectivity index (χ4v) is 1.23. The van der Waals surface area contributed by atoms with Gasteiger partial charge in [-0.05, 0) is 18.4 Å². The van der Waals surface area contributed by atoms with Gasteiger partial charge in [0.25, 0.3) is 0 Å². The van der Waals surface area contributed by atoms with Crippen LogP contribution in [0.5, 0.6) is 5.75 Å². The third kappa shape index (κ3) is 3.87. The van der Waals surface area contributed by atoms with Gasteiger partial charge in [-0.2, -0.15) is 11.8 Å². The van der Waals surface area contributed by atoms with Crippen molar-refractivity contribution in [1.82, 2.24) is 4.98 Å². The van der Waals surface area contributed by atoms with Gasteiger partial charge in [-0.15, -0.1) is 11.6 Å².